The van der Waals surface area contributed by atoms with Crippen LogP contribution in [0.3, 0.4) is 0 Å². The highest BCUT2D eigenvalue weighted by atomic mass is 16.7. The number of benzene rings is 1. The summed E-state index contributed by atoms with van der Waals surface area (Å²) in [5, 5.41) is 1.05. The molecule has 0 unspecified atom stereocenters. The van der Waals surface area contributed by atoms with E-state index in [1.54, 1.807) is 6.07 Å². The van der Waals surface area contributed by atoms with Crippen LogP contribution >= 0.6 is 0 Å². The molecule has 1 amide bonds. The Kier molecular flexibility index (Phi) is 6.40. The zero-order valence-electron chi connectivity index (χ0n) is 13.2. The number of carbonyl (C=O) groups excluding carboxylic acids is 2. The van der Waals surface area contributed by atoms with Gasteiger partial charge in [-0.2, -0.15) is 0 Å². The SMILES string of the molecule is COc1cc(/C=C/C(=O)N(C)OC)c(C=O)c(OC)c1OC. The van der Waals surface area contributed by atoms with E-state index in [1.807, 2.05) is 0 Å². The summed E-state index contributed by atoms with van der Waals surface area (Å²) in [6, 6.07) is 1.58. The van der Waals surface area contributed by atoms with Gasteiger partial charge in [0.15, 0.2) is 17.8 Å². The van der Waals surface area contributed by atoms with Gasteiger partial charge in [-0.15, -0.1) is 0 Å². The lowest BCUT2D eigenvalue weighted by Gasteiger charge is -2.16. The lowest BCUT2D eigenvalue weighted by atomic mass is 10.0. The molecule has 0 atom stereocenters. The van der Waals surface area contributed by atoms with E-state index in [4.69, 9.17) is 19.0 Å². The van der Waals surface area contributed by atoms with Gasteiger partial charge < -0.3 is 14.2 Å². The molecule has 0 aliphatic carbocycles. The molecule has 120 valence electrons. The highest BCUT2D eigenvalue weighted by molar-refractivity contribution is 5.95. The summed E-state index contributed by atoms with van der Waals surface area (Å²) < 4.78 is 15.7. The number of aldehydes is 1. The number of likely N-dealkylation sites (N-methyl/N-ethyl adjacent to an activating group) is 1. The second-order valence-corrected chi connectivity index (χ2v) is 4.12. The van der Waals surface area contributed by atoms with E-state index in [-0.39, 0.29) is 17.2 Å². The quantitative estimate of drug-likeness (QED) is 0.432. The second-order valence-electron chi connectivity index (χ2n) is 4.12. The normalized spacial score (nSPS) is 10.4. The Labute approximate surface area is 129 Å². The average Bonchev–Trinajstić information content (AvgIpc) is 2.56. The van der Waals surface area contributed by atoms with Crippen molar-refractivity contribution in [1.29, 1.82) is 0 Å². The third-order valence-electron chi connectivity index (χ3n) is 3.01. The molecule has 0 aliphatic heterocycles. The van der Waals surface area contributed by atoms with Crippen LogP contribution in [-0.2, 0) is 9.63 Å². The van der Waals surface area contributed by atoms with Crippen molar-refractivity contribution in [3.63, 3.8) is 0 Å². The van der Waals surface area contributed by atoms with Crippen molar-refractivity contribution in [2.45, 2.75) is 0 Å². The van der Waals surface area contributed by atoms with Crippen LogP contribution in [0.2, 0.25) is 0 Å². The molecular weight excluding hydrogens is 290 g/mol. The molecule has 7 nitrogen and oxygen atoms in total. The van der Waals surface area contributed by atoms with Crippen molar-refractivity contribution in [1.82, 2.24) is 5.06 Å². The number of hydrogen-bond acceptors (Lipinski definition) is 6. The van der Waals surface area contributed by atoms with Gasteiger partial charge in [-0.1, -0.05) is 0 Å². The summed E-state index contributed by atoms with van der Waals surface area (Å²) in [5.41, 5.74) is 0.714. The second kappa shape index (κ2) is 8.04. The van der Waals surface area contributed by atoms with Gasteiger partial charge in [-0.05, 0) is 17.7 Å². The highest BCUT2D eigenvalue weighted by Gasteiger charge is 2.19. The molecule has 0 bridgehead atoms. The minimum atomic E-state index is -0.381. The summed E-state index contributed by atoms with van der Waals surface area (Å²) in [4.78, 5) is 27.9. The Bertz CT molecular complexity index is 582. The van der Waals surface area contributed by atoms with Gasteiger partial charge in [0.25, 0.3) is 5.91 Å². The highest BCUT2D eigenvalue weighted by Crippen LogP contribution is 2.41. The number of hydrogen-bond donors (Lipinski definition) is 0. The van der Waals surface area contributed by atoms with Crippen LogP contribution in [0.5, 0.6) is 17.2 Å². The van der Waals surface area contributed by atoms with Crippen LogP contribution in [0, 0.1) is 0 Å². The molecule has 1 rings (SSSR count). The zero-order valence-corrected chi connectivity index (χ0v) is 13.2. The van der Waals surface area contributed by atoms with E-state index >= 15 is 0 Å². The van der Waals surface area contributed by atoms with Crippen molar-refractivity contribution in [2.24, 2.45) is 0 Å². The monoisotopic (exact) mass is 309 g/mol. The van der Waals surface area contributed by atoms with E-state index in [1.165, 1.54) is 47.6 Å². The van der Waals surface area contributed by atoms with Crippen molar-refractivity contribution in [3.8, 4) is 17.2 Å². The maximum atomic E-state index is 11.7. The molecule has 0 saturated heterocycles. The largest absolute Gasteiger partial charge is 0.493 e. The van der Waals surface area contributed by atoms with Crippen molar-refractivity contribution < 1.29 is 28.6 Å². The van der Waals surface area contributed by atoms with E-state index in [2.05, 4.69) is 0 Å². The number of amides is 1. The van der Waals surface area contributed by atoms with E-state index in [0.717, 1.165) is 5.06 Å². The first-order valence-corrected chi connectivity index (χ1v) is 6.32. The fourth-order valence-electron chi connectivity index (χ4n) is 1.81. The standard InChI is InChI=1S/C15H19NO6/c1-16(22-5)13(18)7-6-10-8-12(19-2)15(21-4)14(20-3)11(10)9-17/h6-9H,1-5H3/b7-6+. The number of rotatable bonds is 7. The number of hydroxylamine groups is 2. The van der Waals surface area contributed by atoms with Crippen LogP contribution in [0.1, 0.15) is 15.9 Å². The smallest absolute Gasteiger partial charge is 0.269 e. The molecule has 0 saturated carbocycles. The Morgan fingerprint density at radius 2 is 1.73 bits per heavy atom. The molecule has 0 aliphatic rings. The molecule has 0 radical (unpaired) electrons. The van der Waals surface area contributed by atoms with Gasteiger partial charge in [-0.3, -0.25) is 14.4 Å². The maximum Gasteiger partial charge on any atom is 0.269 e. The fourth-order valence-corrected chi connectivity index (χ4v) is 1.81. The first-order chi connectivity index (χ1) is 10.5. The maximum absolute atomic E-state index is 11.7. The molecule has 1 aromatic carbocycles. The lowest BCUT2D eigenvalue weighted by molar-refractivity contribution is -0.162. The summed E-state index contributed by atoms with van der Waals surface area (Å²) in [6.45, 7) is 0. The number of nitrogens with zero attached hydrogens (tertiary/aromatic N) is 1. The molecule has 0 fully saturated rings. The van der Waals surface area contributed by atoms with Gasteiger partial charge in [0.05, 0.1) is 34.0 Å². The first-order valence-electron chi connectivity index (χ1n) is 6.32. The topological polar surface area (TPSA) is 74.3 Å². The van der Waals surface area contributed by atoms with Crippen molar-refractivity contribution in [2.75, 3.05) is 35.5 Å². The summed E-state index contributed by atoms with van der Waals surface area (Å²) >= 11 is 0. The number of methoxy groups -OCH3 is 3. The van der Waals surface area contributed by atoms with Gasteiger partial charge in [0.2, 0.25) is 5.75 Å². The summed E-state index contributed by atoms with van der Waals surface area (Å²) in [5.74, 6) is 0.555. The Morgan fingerprint density at radius 1 is 1.09 bits per heavy atom. The average molecular weight is 309 g/mol. The van der Waals surface area contributed by atoms with Crippen molar-refractivity contribution >= 4 is 18.3 Å². The number of ether oxygens (including phenoxy) is 3. The summed E-state index contributed by atoms with van der Waals surface area (Å²) in [6.07, 6.45) is 3.38. The first kappa shape index (κ1) is 17.5. The van der Waals surface area contributed by atoms with Crippen LogP contribution < -0.4 is 14.2 Å². The van der Waals surface area contributed by atoms with E-state index in [9.17, 15) is 9.59 Å². The molecule has 0 spiro atoms. The van der Waals surface area contributed by atoms with E-state index < -0.39 is 0 Å². The lowest BCUT2D eigenvalue weighted by Crippen LogP contribution is -2.23. The van der Waals surface area contributed by atoms with Crippen molar-refractivity contribution in [3.05, 3.63) is 23.3 Å². The predicted octanol–water partition coefficient (Wildman–Crippen LogP) is 1.56. The molecular formula is C15H19NO6. The minimum Gasteiger partial charge on any atom is -0.493 e. The third kappa shape index (κ3) is 3.56. The third-order valence-corrected chi connectivity index (χ3v) is 3.01. The Hall–Kier alpha value is -2.54. The van der Waals surface area contributed by atoms with Gasteiger partial charge in [0, 0.05) is 13.1 Å². The molecule has 22 heavy (non-hydrogen) atoms. The van der Waals surface area contributed by atoms with Crippen LogP contribution in [0.25, 0.3) is 6.08 Å². The van der Waals surface area contributed by atoms with Gasteiger partial charge >= 0.3 is 0 Å². The summed E-state index contributed by atoms with van der Waals surface area (Å²) in [7, 11) is 7.18. The zero-order chi connectivity index (χ0) is 16.7. The molecule has 0 aromatic heterocycles. The van der Waals surface area contributed by atoms with Crippen LogP contribution in [0.15, 0.2) is 12.1 Å². The molecule has 0 N–H and O–H groups in total. The number of carbonyl (C=O) groups is 2. The van der Waals surface area contributed by atoms with Gasteiger partial charge in [0.1, 0.15) is 0 Å². The fraction of sp³-hybridized carbons (Fsp3) is 0.333. The minimum absolute atomic E-state index is 0.240. The molecule has 7 heteroatoms. The van der Waals surface area contributed by atoms with E-state index in [0.29, 0.717) is 23.3 Å². The van der Waals surface area contributed by atoms with Crippen LogP contribution in [-0.4, -0.2) is 52.7 Å². The Morgan fingerprint density at radius 3 is 2.18 bits per heavy atom. The predicted molar refractivity (Wildman–Crippen MR) is 80.3 cm³/mol. The molecule has 1 aromatic rings. The van der Waals surface area contributed by atoms with Gasteiger partial charge in [-0.25, -0.2) is 5.06 Å². The van der Waals surface area contributed by atoms with Crippen LogP contribution in [0.4, 0.5) is 0 Å². The Balaban J connectivity index is 3.38. The molecule has 0 heterocycles.